The summed E-state index contributed by atoms with van der Waals surface area (Å²) in [5.41, 5.74) is 1.68. The molecule has 2 fully saturated rings. The van der Waals surface area contributed by atoms with Gasteiger partial charge in [-0.05, 0) is 49.9 Å². The van der Waals surface area contributed by atoms with E-state index in [9.17, 15) is 9.59 Å². The van der Waals surface area contributed by atoms with Crippen molar-refractivity contribution in [3.63, 3.8) is 0 Å². The van der Waals surface area contributed by atoms with Gasteiger partial charge in [0.1, 0.15) is 0 Å². The number of carbonyl (C=O) groups excluding carboxylic acids is 2. The lowest BCUT2D eigenvalue weighted by atomic mass is 10.2. The van der Waals surface area contributed by atoms with Gasteiger partial charge in [0, 0.05) is 16.8 Å². The molecule has 22 heavy (non-hydrogen) atoms. The van der Waals surface area contributed by atoms with Crippen LogP contribution in [-0.2, 0) is 9.59 Å². The molecule has 4 nitrogen and oxygen atoms in total. The van der Waals surface area contributed by atoms with Crippen LogP contribution in [0.25, 0.3) is 0 Å². The van der Waals surface area contributed by atoms with Gasteiger partial charge in [-0.1, -0.05) is 24.4 Å². The average molecular weight is 321 g/mol. The zero-order valence-electron chi connectivity index (χ0n) is 12.7. The molecule has 0 heterocycles. The van der Waals surface area contributed by atoms with E-state index < -0.39 is 0 Å². The molecule has 2 atom stereocenters. The number of hydrogen-bond acceptors (Lipinski definition) is 2. The van der Waals surface area contributed by atoms with Gasteiger partial charge in [-0.25, -0.2) is 0 Å². The van der Waals surface area contributed by atoms with Gasteiger partial charge >= 0.3 is 0 Å². The predicted octanol–water partition coefficient (Wildman–Crippen LogP) is 3.28. The lowest BCUT2D eigenvalue weighted by molar-refractivity contribution is -0.125. The number of anilines is 1. The van der Waals surface area contributed by atoms with Crippen LogP contribution in [0.15, 0.2) is 18.2 Å². The van der Waals surface area contributed by atoms with Crippen LogP contribution in [0.1, 0.15) is 37.7 Å². The fourth-order valence-corrected chi connectivity index (χ4v) is 3.37. The van der Waals surface area contributed by atoms with Gasteiger partial charge in [-0.15, -0.1) is 0 Å². The van der Waals surface area contributed by atoms with Crippen molar-refractivity contribution in [2.45, 2.75) is 45.1 Å². The molecule has 2 saturated carbocycles. The van der Waals surface area contributed by atoms with Gasteiger partial charge in [0.15, 0.2) is 0 Å². The lowest BCUT2D eigenvalue weighted by Gasteiger charge is -2.12. The molecule has 5 heteroatoms. The van der Waals surface area contributed by atoms with Crippen LogP contribution in [0.2, 0.25) is 5.02 Å². The monoisotopic (exact) mass is 320 g/mol. The number of amides is 2. The van der Waals surface area contributed by atoms with E-state index in [1.165, 1.54) is 12.8 Å². The highest BCUT2D eigenvalue weighted by atomic mass is 35.5. The van der Waals surface area contributed by atoms with E-state index in [1.54, 1.807) is 12.1 Å². The van der Waals surface area contributed by atoms with Crippen LogP contribution in [0.5, 0.6) is 0 Å². The van der Waals surface area contributed by atoms with Crippen LogP contribution < -0.4 is 10.6 Å². The summed E-state index contributed by atoms with van der Waals surface area (Å²) in [6.07, 6.45) is 5.17. The third kappa shape index (κ3) is 3.43. The molecule has 0 aromatic heterocycles. The molecular formula is C17H21ClN2O2. The van der Waals surface area contributed by atoms with Gasteiger partial charge in [0.05, 0.1) is 11.8 Å². The molecule has 118 valence electrons. The molecule has 0 spiro atoms. The topological polar surface area (TPSA) is 58.2 Å². The third-order valence-corrected chi connectivity index (χ3v) is 4.85. The Morgan fingerprint density at radius 2 is 1.82 bits per heavy atom. The van der Waals surface area contributed by atoms with E-state index in [0.717, 1.165) is 24.1 Å². The highest BCUT2D eigenvalue weighted by Gasteiger charge is 2.48. The Balaban J connectivity index is 1.52. The van der Waals surface area contributed by atoms with Gasteiger partial charge < -0.3 is 10.6 Å². The molecule has 0 radical (unpaired) electrons. The minimum atomic E-state index is -0.198. The zero-order chi connectivity index (χ0) is 15.7. The van der Waals surface area contributed by atoms with E-state index in [2.05, 4.69) is 10.6 Å². The predicted molar refractivity (Wildman–Crippen MR) is 86.8 cm³/mol. The van der Waals surface area contributed by atoms with E-state index >= 15 is 0 Å². The first-order valence-corrected chi connectivity index (χ1v) is 8.30. The van der Waals surface area contributed by atoms with Crippen molar-refractivity contribution in [2.24, 2.45) is 11.8 Å². The van der Waals surface area contributed by atoms with E-state index in [0.29, 0.717) is 17.5 Å². The molecular weight excluding hydrogens is 300 g/mol. The van der Waals surface area contributed by atoms with Crippen molar-refractivity contribution in [2.75, 3.05) is 5.32 Å². The second-order valence-corrected chi connectivity index (χ2v) is 6.82. The molecule has 2 unspecified atom stereocenters. The fraction of sp³-hybridized carbons (Fsp3) is 0.529. The van der Waals surface area contributed by atoms with Crippen LogP contribution >= 0.6 is 11.6 Å². The molecule has 1 aromatic carbocycles. The molecule has 0 saturated heterocycles. The van der Waals surface area contributed by atoms with Crippen LogP contribution in [0.3, 0.4) is 0 Å². The maximum atomic E-state index is 12.2. The minimum absolute atomic E-state index is 0.0416. The molecule has 3 rings (SSSR count). The van der Waals surface area contributed by atoms with Crippen LogP contribution in [0.4, 0.5) is 5.69 Å². The zero-order valence-corrected chi connectivity index (χ0v) is 13.5. The average Bonchev–Trinajstić information content (AvgIpc) is 3.13. The number of carbonyl (C=O) groups is 2. The molecule has 2 aliphatic carbocycles. The Hall–Kier alpha value is -1.55. The van der Waals surface area contributed by atoms with Crippen molar-refractivity contribution in [1.82, 2.24) is 5.32 Å². The summed E-state index contributed by atoms with van der Waals surface area (Å²) < 4.78 is 0. The summed E-state index contributed by atoms with van der Waals surface area (Å²) in [6.45, 7) is 1.90. The maximum absolute atomic E-state index is 12.2. The summed E-state index contributed by atoms with van der Waals surface area (Å²) in [5.74, 6) is -0.387. The van der Waals surface area contributed by atoms with E-state index in [4.69, 9.17) is 11.6 Å². The normalized spacial score (nSPS) is 24.1. The van der Waals surface area contributed by atoms with E-state index in [1.807, 2.05) is 13.0 Å². The van der Waals surface area contributed by atoms with Crippen LogP contribution in [-0.4, -0.2) is 17.9 Å². The number of rotatable bonds is 4. The highest BCUT2D eigenvalue weighted by Crippen LogP contribution is 2.40. The SMILES string of the molecule is Cc1cc(Cl)ccc1NC(=O)C1CC1C(=O)NC1CCCC1. The number of nitrogens with one attached hydrogen (secondary N) is 2. The van der Waals surface area contributed by atoms with Gasteiger partial charge in [-0.3, -0.25) is 9.59 Å². The molecule has 0 aliphatic heterocycles. The minimum Gasteiger partial charge on any atom is -0.353 e. The number of aryl methyl sites for hydroxylation is 1. The summed E-state index contributed by atoms with van der Waals surface area (Å²) >= 11 is 5.91. The Bertz CT molecular complexity index is 596. The van der Waals surface area contributed by atoms with Gasteiger partial charge in [-0.2, -0.15) is 0 Å². The molecule has 2 N–H and O–H groups in total. The van der Waals surface area contributed by atoms with Crippen molar-refractivity contribution < 1.29 is 9.59 Å². The van der Waals surface area contributed by atoms with Gasteiger partial charge in [0.25, 0.3) is 0 Å². The number of benzene rings is 1. The van der Waals surface area contributed by atoms with E-state index in [-0.39, 0.29) is 23.7 Å². The lowest BCUT2D eigenvalue weighted by Crippen LogP contribution is -2.34. The summed E-state index contributed by atoms with van der Waals surface area (Å²) in [4.78, 5) is 24.4. The maximum Gasteiger partial charge on any atom is 0.228 e. The number of hydrogen-bond donors (Lipinski definition) is 2. The van der Waals surface area contributed by atoms with Crippen LogP contribution in [0, 0.1) is 18.8 Å². The Morgan fingerprint density at radius 1 is 1.14 bits per heavy atom. The van der Waals surface area contributed by atoms with Gasteiger partial charge in [0.2, 0.25) is 11.8 Å². The molecule has 2 aliphatic rings. The first kappa shape index (κ1) is 15.3. The number of halogens is 1. The second kappa shape index (κ2) is 6.29. The first-order valence-electron chi connectivity index (χ1n) is 7.92. The molecule has 1 aromatic rings. The molecule has 0 bridgehead atoms. The largest absolute Gasteiger partial charge is 0.353 e. The van der Waals surface area contributed by atoms with Crippen molar-refractivity contribution in [3.8, 4) is 0 Å². The summed E-state index contributed by atoms with van der Waals surface area (Å²) in [6, 6.07) is 5.68. The molecule has 2 amide bonds. The summed E-state index contributed by atoms with van der Waals surface area (Å²) in [5, 5.41) is 6.62. The summed E-state index contributed by atoms with van der Waals surface area (Å²) in [7, 11) is 0. The standard InChI is InChI=1S/C17H21ClN2O2/c1-10-8-11(18)6-7-15(10)20-17(22)14-9-13(14)16(21)19-12-4-2-3-5-12/h6-8,12-14H,2-5,9H2,1H3,(H,19,21)(H,20,22). The Labute approximate surface area is 135 Å². The smallest absolute Gasteiger partial charge is 0.228 e. The Kier molecular flexibility index (Phi) is 4.39. The highest BCUT2D eigenvalue weighted by molar-refractivity contribution is 6.30. The fourth-order valence-electron chi connectivity index (χ4n) is 3.15. The second-order valence-electron chi connectivity index (χ2n) is 6.39. The van der Waals surface area contributed by atoms with Crippen molar-refractivity contribution >= 4 is 29.1 Å². The van der Waals surface area contributed by atoms with Crippen molar-refractivity contribution in [3.05, 3.63) is 28.8 Å². The third-order valence-electron chi connectivity index (χ3n) is 4.61. The first-order chi connectivity index (χ1) is 10.5. The quantitative estimate of drug-likeness (QED) is 0.894. The Morgan fingerprint density at radius 3 is 2.50 bits per heavy atom. The van der Waals surface area contributed by atoms with Crippen molar-refractivity contribution in [1.29, 1.82) is 0 Å².